The molecule has 24 heavy (non-hydrogen) atoms. The number of nitrogens with one attached hydrogen (secondary N) is 1. The van der Waals surface area contributed by atoms with Crippen LogP contribution in [0, 0.1) is 0 Å². The lowest BCUT2D eigenvalue weighted by Gasteiger charge is -2.15. The minimum absolute atomic E-state index is 0.574. The molecule has 3 aromatic rings. The Bertz CT molecular complexity index is 816. The van der Waals surface area contributed by atoms with Crippen molar-refractivity contribution in [1.82, 2.24) is 15.3 Å². The topological polar surface area (TPSA) is 47.0 Å². The number of benzene rings is 2. The molecule has 1 N–H and O–H groups in total. The highest BCUT2D eigenvalue weighted by atomic mass is 16.5. The minimum atomic E-state index is 0.574. The van der Waals surface area contributed by atoms with Crippen molar-refractivity contribution in [3.05, 3.63) is 77.7 Å². The predicted molar refractivity (Wildman–Crippen MR) is 93.7 cm³/mol. The van der Waals surface area contributed by atoms with E-state index in [2.05, 4.69) is 22.4 Å². The number of hydrogen-bond donors (Lipinski definition) is 1. The monoisotopic (exact) mass is 317 g/mol. The minimum Gasteiger partial charge on any atom is -0.489 e. The third kappa shape index (κ3) is 3.29. The highest BCUT2D eigenvalue weighted by Gasteiger charge is 2.12. The van der Waals surface area contributed by atoms with Crippen LogP contribution >= 0.6 is 0 Å². The zero-order valence-corrected chi connectivity index (χ0v) is 13.4. The largest absolute Gasteiger partial charge is 0.489 e. The fourth-order valence-electron chi connectivity index (χ4n) is 2.82. The Labute approximate surface area is 141 Å². The van der Waals surface area contributed by atoms with Crippen LogP contribution in [0.3, 0.4) is 0 Å². The van der Waals surface area contributed by atoms with Crippen molar-refractivity contribution in [1.29, 1.82) is 0 Å². The van der Waals surface area contributed by atoms with Crippen LogP contribution in [-0.4, -0.2) is 16.5 Å². The van der Waals surface area contributed by atoms with E-state index in [1.54, 1.807) is 0 Å². The van der Waals surface area contributed by atoms with Crippen LogP contribution in [0.5, 0.6) is 5.75 Å². The fraction of sp³-hybridized carbons (Fsp3) is 0.200. The van der Waals surface area contributed by atoms with Gasteiger partial charge in [-0.3, -0.25) is 4.98 Å². The summed E-state index contributed by atoms with van der Waals surface area (Å²) < 4.78 is 5.83. The molecule has 0 amide bonds. The molecule has 1 aliphatic heterocycles. The van der Waals surface area contributed by atoms with Gasteiger partial charge in [-0.05, 0) is 29.8 Å². The van der Waals surface area contributed by atoms with E-state index in [4.69, 9.17) is 9.72 Å². The van der Waals surface area contributed by atoms with Crippen molar-refractivity contribution < 1.29 is 4.74 Å². The molecular formula is C20H19N3O. The standard InChI is InChI=1S/C20H19N3O/c1-2-4-15(5-3-1)14-24-17-8-6-16(7-9-17)19-13-22-18-10-11-21-12-20(18)23-19/h1-9,13,21H,10-12,14H2. The van der Waals surface area contributed by atoms with Gasteiger partial charge < -0.3 is 10.1 Å². The van der Waals surface area contributed by atoms with Gasteiger partial charge in [-0.1, -0.05) is 30.3 Å². The Morgan fingerprint density at radius 2 is 1.79 bits per heavy atom. The van der Waals surface area contributed by atoms with Gasteiger partial charge in [0.15, 0.2) is 0 Å². The second-order valence-corrected chi connectivity index (χ2v) is 5.87. The molecule has 1 aromatic heterocycles. The SMILES string of the molecule is c1ccc(COc2ccc(-c3cnc4c(n3)CNCC4)cc2)cc1. The normalized spacial score (nSPS) is 13.3. The van der Waals surface area contributed by atoms with E-state index in [9.17, 15) is 0 Å². The second kappa shape index (κ2) is 6.81. The van der Waals surface area contributed by atoms with Gasteiger partial charge in [0.1, 0.15) is 12.4 Å². The first-order valence-electron chi connectivity index (χ1n) is 8.21. The van der Waals surface area contributed by atoms with E-state index >= 15 is 0 Å². The zero-order chi connectivity index (χ0) is 16.2. The summed E-state index contributed by atoms with van der Waals surface area (Å²) >= 11 is 0. The Morgan fingerprint density at radius 1 is 0.958 bits per heavy atom. The van der Waals surface area contributed by atoms with Gasteiger partial charge in [-0.15, -0.1) is 0 Å². The van der Waals surface area contributed by atoms with Gasteiger partial charge in [-0.25, -0.2) is 4.98 Å². The maximum atomic E-state index is 5.83. The average Bonchev–Trinajstić information content (AvgIpc) is 2.67. The van der Waals surface area contributed by atoms with E-state index < -0.39 is 0 Å². The van der Waals surface area contributed by atoms with Crippen LogP contribution in [-0.2, 0) is 19.6 Å². The fourth-order valence-corrected chi connectivity index (χ4v) is 2.82. The van der Waals surface area contributed by atoms with Crippen molar-refractivity contribution in [3.8, 4) is 17.0 Å². The van der Waals surface area contributed by atoms with Crippen LogP contribution in [0.4, 0.5) is 0 Å². The highest BCUT2D eigenvalue weighted by Crippen LogP contribution is 2.22. The summed E-state index contributed by atoms with van der Waals surface area (Å²) in [7, 11) is 0. The molecule has 4 nitrogen and oxygen atoms in total. The van der Waals surface area contributed by atoms with E-state index in [-0.39, 0.29) is 0 Å². The molecule has 0 atom stereocenters. The summed E-state index contributed by atoms with van der Waals surface area (Å²) in [5, 5.41) is 3.34. The molecule has 0 saturated heterocycles. The third-order valence-corrected chi connectivity index (χ3v) is 4.16. The zero-order valence-electron chi connectivity index (χ0n) is 13.4. The lowest BCUT2D eigenvalue weighted by atomic mass is 10.1. The molecule has 0 saturated carbocycles. The molecule has 1 aliphatic rings. The first-order valence-corrected chi connectivity index (χ1v) is 8.21. The smallest absolute Gasteiger partial charge is 0.119 e. The van der Waals surface area contributed by atoms with Gasteiger partial charge in [0, 0.05) is 25.1 Å². The van der Waals surface area contributed by atoms with Gasteiger partial charge in [0.25, 0.3) is 0 Å². The summed E-state index contributed by atoms with van der Waals surface area (Å²) in [6.45, 7) is 2.35. The van der Waals surface area contributed by atoms with Gasteiger partial charge in [0.05, 0.1) is 23.3 Å². The summed E-state index contributed by atoms with van der Waals surface area (Å²) in [4.78, 5) is 9.30. The molecule has 0 aliphatic carbocycles. The molecule has 0 fully saturated rings. The number of fused-ring (bicyclic) bond motifs is 1. The van der Waals surface area contributed by atoms with Crippen molar-refractivity contribution in [2.75, 3.05) is 6.54 Å². The molecular weight excluding hydrogens is 298 g/mol. The van der Waals surface area contributed by atoms with Crippen LogP contribution in [0.2, 0.25) is 0 Å². The van der Waals surface area contributed by atoms with Crippen LogP contribution in [0.1, 0.15) is 17.0 Å². The summed E-state index contributed by atoms with van der Waals surface area (Å²) in [6.07, 6.45) is 2.82. The molecule has 0 radical (unpaired) electrons. The van der Waals surface area contributed by atoms with E-state index in [0.29, 0.717) is 6.61 Å². The molecule has 0 bridgehead atoms. The van der Waals surface area contributed by atoms with Gasteiger partial charge in [0.2, 0.25) is 0 Å². The quantitative estimate of drug-likeness (QED) is 0.801. The molecule has 0 spiro atoms. The molecule has 4 heteroatoms. The Morgan fingerprint density at radius 3 is 2.62 bits per heavy atom. The molecule has 2 aromatic carbocycles. The van der Waals surface area contributed by atoms with Gasteiger partial charge in [-0.2, -0.15) is 0 Å². The highest BCUT2D eigenvalue weighted by molar-refractivity contribution is 5.59. The number of hydrogen-bond acceptors (Lipinski definition) is 4. The first kappa shape index (κ1) is 14.8. The maximum absolute atomic E-state index is 5.83. The number of nitrogens with zero attached hydrogens (tertiary/aromatic N) is 2. The first-order chi connectivity index (χ1) is 11.9. The second-order valence-electron chi connectivity index (χ2n) is 5.87. The van der Waals surface area contributed by atoms with Crippen LogP contribution in [0.15, 0.2) is 60.8 Å². The van der Waals surface area contributed by atoms with E-state index in [1.807, 2.05) is 48.7 Å². The average molecular weight is 317 g/mol. The maximum Gasteiger partial charge on any atom is 0.119 e. The molecule has 0 unspecified atom stereocenters. The lowest BCUT2D eigenvalue weighted by molar-refractivity contribution is 0.306. The molecule has 2 heterocycles. The Balaban J connectivity index is 1.47. The van der Waals surface area contributed by atoms with Crippen molar-refractivity contribution in [3.63, 3.8) is 0 Å². The Kier molecular flexibility index (Phi) is 4.21. The van der Waals surface area contributed by atoms with Crippen molar-refractivity contribution in [2.45, 2.75) is 19.6 Å². The third-order valence-electron chi connectivity index (χ3n) is 4.16. The summed E-state index contributed by atoms with van der Waals surface area (Å²) in [5.74, 6) is 0.857. The number of aromatic nitrogens is 2. The van der Waals surface area contributed by atoms with Gasteiger partial charge >= 0.3 is 0 Å². The lowest BCUT2D eigenvalue weighted by Crippen LogP contribution is -2.25. The molecule has 4 rings (SSSR count). The number of rotatable bonds is 4. The molecule has 120 valence electrons. The van der Waals surface area contributed by atoms with Crippen LogP contribution < -0.4 is 10.1 Å². The van der Waals surface area contributed by atoms with Crippen LogP contribution in [0.25, 0.3) is 11.3 Å². The predicted octanol–water partition coefficient (Wildman–Crippen LogP) is 3.37. The number of ether oxygens (including phenoxy) is 1. The summed E-state index contributed by atoms with van der Waals surface area (Å²) in [5.41, 5.74) is 5.30. The van der Waals surface area contributed by atoms with Crippen molar-refractivity contribution in [2.24, 2.45) is 0 Å². The van der Waals surface area contributed by atoms with E-state index in [1.165, 1.54) is 0 Å². The van der Waals surface area contributed by atoms with E-state index in [0.717, 1.165) is 53.5 Å². The Hall–Kier alpha value is -2.72. The summed E-state index contributed by atoms with van der Waals surface area (Å²) in [6, 6.07) is 18.2. The van der Waals surface area contributed by atoms with Crippen molar-refractivity contribution >= 4 is 0 Å².